The van der Waals surface area contributed by atoms with Gasteiger partial charge in [0.25, 0.3) is 0 Å². The Morgan fingerprint density at radius 3 is 2.39 bits per heavy atom. The van der Waals surface area contributed by atoms with E-state index in [0.717, 1.165) is 11.1 Å². The Bertz CT molecular complexity index is 979. The zero-order valence-corrected chi connectivity index (χ0v) is 15.3. The van der Waals surface area contributed by atoms with Crippen molar-refractivity contribution in [1.82, 2.24) is 4.98 Å². The highest BCUT2D eigenvalue weighted by atomic mass is 19.3. The minimum Gasteiger partial charge on any atom is -0.495 e. The summed E-state index contributed by atoms with van der Waals surface area (Å²) in [6, 6.07) is 13.5. The van der Waals surface area contributed by atoms with Gasteiger partial charge in [0, 0.05) is 30.4 Å². The van der Waals surface area contributed by atoms with Crippen molar-refractivity contribution in [2.24, 2.45) is 0 Å². The van der Waals surface area contributed by atoms with E-state index in [2.05, 4.69) is 10.3 Å². The van der Waals surface area contributed by atoms with Crippen molar-refractivity contribution >= 4 is 11.6 Å². The molecule has 144 valence electrons. The Hall–Kier alpha value is -3.48. The number of hydrogen-bond acceptors (Lipinski definition) is 4. The molecule has 2 aromatic carbocycles. The van der Waals surface area contributed by atoms with Crippen molar-refractivity contribution in [3.8, 4) is 33.8 Å². The molecular weight excluding hydrogens is 366 g/mol. The van der Waals surface area contributed by atoms with E-state index in [1.165, 1.54) is 20.1 Å². The molecule has 3 rings (SSSR count). The number of nitrogens with zero attached hydrogens (tertiary/aromatic N) is 1. The van der Waals surface area contributed by atoms with E-state index < -0.39 is 6.61 Å². The molecule has 0 saturated carbocycles. The van der Waals surface area contributed by atoms with Crippen LogP contribution in [0.25, 0.3) is 22.3 Å². The van der Waals surface area contributed by atoms with Gasteiger partial charge in [0.15, 0.2) is 0 Å². The molecule has 0 radical (unpaired) electrons. The third-order valence-corrected chi connectivity index (χ3v) is 4.04. The number of carbonyl (C=O) groups excluding carboxylic acids is 1. The Morgan fingerprint density at radius 1 is 1.04 bits per heavy atom. The Morgan fingerprint density at radius 2 is 1.75 bits per heavy atom. The minimum absolute atomic E-state index is 0.0192. The molecule has 0 spiro atoms. The van der Waals surface area contributed by atoms with E-state index in [9.17, 15) is 13.6 Å². The molecule has 1 N–H and O–H groups in total. The number of aromatic nitrogens is 1. The average Bonchev–Trinajstić information content (AvgIpc) is 2.68. The van der Waals surface area contributed by atoms with Crippen LogP contribution < -0.4 is 14.8 Å². The fourth-order valence-electron chi connectivity index (χ4n) is 2.99. The highest BCUT2D eigenvalue weighted by Crippen LogP contribution is 2.46. The topological polar surface area (TPSA) is 60.5 Å². The first-order valence-electron chi connectivity index (χ1n) is 8.44. The second kappa shape index (κ2) is 8.47. The monoisotopic (exact) mass is 384 g/mol. The summed E-state index contributed by atoms with van der Waals surface area (Å²) in [4.78, 5) is 15.7. The summed E-state index contributed by atoms with van der Waals surface area (Å²) in [5.74, 6) is 0.101. The van der Waals surface area contributed by atoms with Crippen molar-refractivity contribution < 1.29 is 23.0 Å². The van der Waals surface area contributed by atoms with E-state index in [1.807, 2.05) is 0 Å². The summed E-state index contributed by atoms with van der Waals surface area (Å²) < 4.78 is 36.2. The lowest BCUT2D eigenvalue weighted by Gasteiger charge is -2.20. The lowest BCUT2D eigenvalue weighted by atomic mass is 9.95. The molecule has 1 amide bonds. The van der Waals surface area contributed by atoms with Gasteiger partial charge in [-0.25, -0.2) is 0 Å². The predicted octanol–water partition coefficient (Wildman–Crippen LogP) is 4.98. The number of alkyl halides is 2. The lowest BCUT2D eigenvalue weighted by molar-refractivity contribution is -0.114. The van der Waals surface area contributed by atoms with Crippen molar-refractivity contribution in [3.05, 3.63) is 60.9 Å². The average molecular weight is 384 g/mol. The summed E-state index contributed by atoms with van der Waals surface area (Å²) in [5.41, 5.74) is 2.80. The van der Waals surface area contributed by atoms with Crippen LogP contribution in [-0.2, 0) is 4.79 Å². The normalized spacial score (nSPS) is 10.6. The third-order valence-electron chi connectivity index (χ3n) is 4.04. The molecule has 7 heteroatoms. The SMILES string of the molecule is COc1c(-c2ccncc2)ccc(NC(C)=O)c1-c1ccccc1OC(F)F. The van der Waals surface area contributed by atoms with Crippen LogP contribution in [-0.4, -0.2) is 24.6 Å². The van der Waals surface area contributed by atoms with Crippen LogP contribution in [0.3, 0.4) is 0 Å². The number of anilines is 1. The smallest absolute Gasteiger partial charge is 0.387 e. The molecule has 0 fully saturated rings. The highest BCUT2D eigenvalue weighted by molar-refractivity contribution is 5.99. The summed E-state index contributed by atoms with van der Waals surface area (Å²) in [6.07, 6.45) is 3.29. The van der Waals surface area contributed by atoms with E-state index in [1.54, 1.807) is 54.9 Å². The first kappa shape index (κ1) is 19.3. The van der Waals surface area contributed by atoms with E-state index in [-0.39, 0.29) is 11.7 Å². The molecule has 1 aromatic heterocycles. The number of halogens is 2. The van der Waals surface area contributed by atoms with Crippen molar-refractivity contribution in [2.75, 3.05) is 12.4 Å². The fourth-order valence-corrected chi connectivity index (χ4v) is 2.99. The molecule has 1 heterocycles. The maximum Gasteiger partial charge on any atom is 0.387 e. The van der Waals surface area contributed by atoms with Gasteiger partial charge in [0.05, 0.1) is 18.4 Å². The van der Waals surface area contributed by atoms with Crippen molar-refractivity contribution in [3.63, 3.8) is 0 Å². The molecule has 0 aliphatic heterocycles. The van der Waals surface area contributed by atoms with Crippen LogP contribution in [0, 0.1) is 0 Å². The summed E-state index contributed by atoms with van der Waals surface area (Å²) in [5, 5.41) is 2.73. The molecule has 0 atom stereocenters. The van der Waals surface area contributed by atoms with Crippen LogP contribution in [0.4, 0.5) is 14.5 Å². The fraction of sp³-hybridized carbons (Fsp3) is 0.143. The zero-order valence-electron chi connectivity index (χ0n) is 15.3. The second-order valence-corrected chi connectivity index (χ2v) is 5.86. The zero-order chi connectivity index (χ0) is 20.1. The standard InChI is InChI=1S/C21H18F2N2O3/c1-13(26)25-17-8-7-15(14-9-11-24-12-10-14)20(27-2)19(17)16-5-3-4-6-18(16)28-21(22)23/h3-12,21H,1-2H3,(H,25,26). The van der Waals surface area contributed by atoms with Gasteiger partial charge >= 0.3 is 6.61 Å². The Balaban J connectivity index is 2.30. The summed E-state index contributed by atoms with van der Waals surface area (Å²) in [7, 11) is 1.48. The van der Waals surface area contributed by atoms with Gasteiger partial charge in [-0.3, -0.25) is 9.78 Å². The van der Waals surface area contributed by atoms with Gasteiger partial charge in [-0.1, -0.05) is 18.2 Å². The number of benzene rings is 2. The molecule has 0 aliphatic rings. The number of methoxy groups -OCH3 is 1. The quantitative estimate of drug-likeness (QED) is 0.651. The third kappa shape index (κ3) is 4.09. The molecule has 28 heavy (non-hydrogen) atoms. The number of para-hydroxylation sites is 1. The van der Waals surface area contributed by atoms with E-state index >= 15 is 0 Å². The van der Waals surface area contributed by atoms with Gasteiger partial charge < -0.3 is 14.8 Å². The maximum atomic E-state index is 12.9. The van der Waals surface area contributed by atoms with Crippen molar-refractivity contribution in [1.29, 1.82) is 0 Å². The molecule has 0 aliphatic carbocycles. The number of pyridine rings is 1. The van der Waals surface area contributed by atoms with Crippen LogP contribution in [0.15, 0.2) is 60.9 Å². The number of nitrogens with one attached hydrogen (secondary N) is 1. The van der Waals surface area contributed by atoms with Gasteiger partial charge in [-0.05, 0) is 35.9 Å². The van der Waals surface area contributed by atoms with Crippen LogP contribution in [0.2, 0.25) is 0 Å². The minimum atomic E-state index is -2.99. The van der Waals surface area contributed by atoms with Crippen molar-refractivity contribution in [2.45, 2.75) is 13.5 Å². The number of carbonyl (C=O) groups is 1. The van der Waals surface area contributed by atoms with Gasteiger partial charge in [0.1, 0.15) is 11.5 Å². The molecule has 3 aromatic rings. The Kier molecular flexibility index (Phi) is 5.84. The summed E-state index contributed by atoms with van der Waals surface area (Å²) in [6.45, 7) is -1.62. The lowest BCUT2D eigenvalue weighted by Crippen LogP contribution is -2.09. The van der Waals surface area contributed by atoms with E-state index in [4.69, 9.17) is 9.47 Å². The molecule has 0 saturated heterocycles. The van der Waals surface area contributed by atoms with Crippen LogP contribution in [0.1, 0.15) is 6.92 Å². The van der Waals surface area contributed by atoms with Crippen LogP contribution >= 0.6 is 0 Å². The van der Waals surface area contributed by atoms with Gasteiger partial charge in [0.2, 0.25) is 5.91 Å². The van der Waals surface area contributed by atoms with Gasteiger partial charge in [-0.2, -0.15) is 8.78 Å². The largest absolute Gasteiger partial charge is 0.495 e. The highest BCUT2D eigenvalue weighted by Gasteiger charge is 2.21. The Labute approximate surface area is 160 Å². The first-order chi connectivity index (χ1) is 13.5. The van der Waals surface area contributed by atoms with Crippen LogP contribution in [0.5, 0.6) is 11.5 Å². The number of amides is 1. The first-order valence-corrected chi connectivity index (χ1v) is 8.44. The second-order valence-electron chi connectivity index (χ2n) is 5.86. The van der Waals surface area contributed by atoms with E-state index in [0.29, 0.717) is 22.6 Å². The molecule has 5 nitrogen and oxygen atoms in total. The number of rotatable bonds is 6. The molecule has 0 unspecified atom stereocenters. The number of hydrogen-bond donors (Lipinski definition) is 1. The predicted molar refractivity (Wildman–Crippen MR) is 103 cm³/mol. The number of ether oxygens (including phenoxy) is 2. The summed E-state index contributed by atoms with van der Waals surface area (Å²) >= 11 is 0. The molecular formula is C21H18F2N2O3. The maximum absolute atomic E-state index is 12.9. The van der Waals surface area contributed by atoms with Gasteiger partial charge in [-0.15, -0.1) is 0 Å². The molecule has 0 bridgehead atoms.